The number of benzene rings is 1. The van der Waals surface area contributed by atoms with Gasteiger partial charge in [-0.15, -0.1) is 0 Å². The molecule has 0 amide bonds. The highest BCUT2D eigenvalue weighted by Crippen LogP contribution is 2.42. The van der Waals surface area contributed by atoms with E-state index in [9.17, 15) is 0 Å². The maximum absolute atomic E-state index is 5.96. The second-order valence-corrected chi connectivity index (χ2v) is 4.50. The molecule has 0 saturated heterocycles. The first-order valence-corrected chi connectivity index (χ1v) is 6.50. The Morgan fingerprint density at radius 2 is 1.57 bits per heavy atom. The Kier molecular flexibility index (Phi) is 4.93. The van der Waals surface area contributed by atoms with Crippen LogP contribution in [0.3, 0.4) is 0 Å². The average molecular weight is 331 g/mol. The fraction of sp³-hybridized carbons (Fsp3) is 0.231. The minimum absolute atomic E-state index is 0.0295. The molecular formula is C13H12Cl2N2O4. The molecule has 2 rings (SSSR count). The quantitative estimate of drug-likeness (QED) is 0.780. The summed E-state index contributed by atoms with van der Waals surface area (Å²) < 4.78 is 21.3. The summed E-state index contributed by atoms with van der Waals surface area (Å²) in [6.07, 6.45) is 1.35. The summed E-state index contributed by atoms with van der Waals surface area (Å²) in [7, 11) is 4.53. The molecule has 0 spiro atoms. The van der Waals surface area contributed by atoms with Gasteiger partial charge in [-0.2, -0.15) is 4.98 Å². The van der Waals surface area contributed by atoms with Crippen molar-refractivity contribution in [2.75, 3.05) is 21.3 Å². The number of ether oxygens (including phenoxy) is 4. The highest BCUT2D eigenvalue weighted by Gasteiger charge is 2.15. The van der Waals surface area contributed by atoms with Gasteiger partial charge in [-0.25, -0.2) is 4.98 Å². The van der Waals surface area contributed by atoms with E-state index < -0.39 is 0 Å². The minimum Gasteiger partial charge on any atom is -0.493 e. The van der Waals surface area contributed by atoms with Crippen LogP contribution >= 0.6 is 23.2 Å². The van der Waals surface area contributed by atoms with Gasteiger partial charge in [0, 0.05) is 12.1 Å². The van der Waals surface area contributed by atoms with Gasteiger partial charge in [-0.3, -0.25) is 0 Å². The Morgan fingerprint density at radius 3 is 2.10 bits per heavy atom. The van der Waals surface area contributed by atoms with Crippen molar-refractivity contribution in [3.63, 3.8) is 0 Å². The predicted octanol–water partition coefficient (Wildman–Crippen LogP) is 3.60. The van der Waals surface area contributed by atoms with E-state index in [1.54, 1.807) is 12.1 Å². The number of hydrogen-bond acceptors (Lipinski definition) is 6. The molecule has 0 radical (unpaired) electrons. The molecule has 2 aromatic rings. The van der Waals surface area contributed by atoms with Gasteiger partial charge in [-0.1, -0.05) is 11.6 Å². The molecule has 0 unspecified atom stereocenters. The molecule has 0 aliphatic carbocycles. The van der Waals surface area contributed by atoms with E-state index in [0.717, 1.165) is 0 Å². The Morgan fingerprint density at radius 1 is 0.952 bits per heavy atom. The zero-order chi connectivity index (χ0) is 15.4. The summed E-state index contributed by atoms with van der Waals surface area (Å²) in [4.78, 5) is 7.66. The number of methoxy groups -OCH3 is 3. The number of rotatable bonds is 5. The molecule has 0 N–H and O–H groups in total. The first-order valence-electron chi connectivity index (χ1n) is 5.75. The molecule has 8 heteroatoms. The van der Waals surface area contributed by atoms with Crippen molar-refractivity contribution in [3.8, 4) is 28.9 Å². The van der Waals surface area contributed by atoms with Crippen LogP contribution in [0.1, 0.15) is 0 Å². The number of aromatic nitrogens is 2. The van der Waals surface area contributed by atoms with Crippen molar-refractivity contribution in [2.24, 2.45) is 0 Å². The van der Waals surface area contributed by atoms with Gasteiger partial charge in [-0.05, 0) is 11.6 Å². The van der Waals surface area contributed by atoms with Gasteiger partial charge in [0.05, 0.1) is 27.5 Å². The lowest BCUT2D eigenvalue weighted by molar-refractivity contribution is 0.320. The van der Waals surface area contributed by atoms with Gasteiger partial charge in [0.1, 0.15) is 10.8 Å². The average Bonchev–Trinajstić information content (AvgIpc) is 2.49. The summed E-state index contributed by atoms with van der Waals surface area (Å²) in [5, 5.41) is 0.259. The molecular weight excluding hydrogens is 319 g/mol. The summed E-state index contributed by atoms with van der Waals surface area (Å²) in [5.74, 6) is 1.89. The van der Waals surface area contributed by atoms with E-state index in [4.69, 9.17) is 42.1 Å². The van der Waals surface area contributed by atoms with Crippen LogP contribution in [0.15, 0.2) is 18.3 Å². The highest BCUT2D eigenvalue weighted by molar-refractivity contribution is 6.32. The lowest BCUT2D eigenvalue weighted by Gasteiger charge is -2.14. The maximum Gasteiger partial charge on any atom is 0.242 e. The highest BCUT2D eigenvalue weighted by atomic mass is 35.5. The van der Waals surface area contributed by atoms with Crippen LogP contribution in [0.25, 0.3) is 0 Å². The fourth-order valence-corrected chi connectivity index (χ4v) is 1.89. The number of halogens is 2. The third kappa shape index (κ3) is 3.40. The summed E-state index contributed by atoms with van der Waals surface area (Å²) >= 11 is 11.7. The van der Waals surface area contributed by atoms with Crippen molar-refractivity contribution in [1.29, 1.82) is 0 Å². The van der Waals surface area contributed by atoms with E-state index in [0.29, 0.717) is 23.0 Å². The third-order valence-electron chi connectivity index (χ3n) is 2.54. The van der Waals surface area contributed by atoms with Crippen LogP contribution in [-0.2, 0) is 0 Å². The maximum atomic E-state index is 5.96. The van der Waals surface area contributed by atoms with Crippen molar-refractivity contribution < 1.29 is 18.9 Å². The molecule has 6 nitrogen and oxygen atoms in total. The first kappa shape index (κ1) is 15.5. The van der Waals surface area contributed by atoms with Crippen LogP contribution in [0, 0.1) is 0 Å². The zero-order valence-corrected chi connectivity index (χ0v) is 13.0. The predicted molar refractivity (Wildman–Crippen MR) is 78.2 cm³/mol. The second-order valence-electron chi connectivity index (χ2n) is 3.76. The molecule has 0 fully saturated rings. The molecule has 0 atom stereocenters. The summed E-state index contributed by atoms with van der Waals surface area (Å²) in [6.45, 7) is 0. The van der Waals surface area contributed by atoms with Crippen LogP contribution in [-0.4, -0.2) is 31.3 Å². The van der Waals surface area contributed by atoms with Crippen LogP contribution in [0.2, 0.25) is 10.3 Å². The van der Waals surface area contributed by atoms with Gasteiger partial charge >= 0.3 is 0 Å². The monoisotopic (exact) mass is 330 g/mol. The number of nitrogens with zero attached hydrogens (tertiary/aromatic N) is 2. The van der Waals surface area contributed by atoms with E-state index in [1.165, 1.54) is 27.5 Å². The lowest BCUT2D eigenvalue weighted by atomic mass is 10.2. The van der Waals surface area contributed by atoms with E-state index >= 15 is 0 Å². The van der Waals surface area contributed by atoms with Gasteiger partial charge in [0.15, 0.2) is 11.5 Å². The molecule has 1 aromatic carbocycles. The van der Waals surface area contributed by atoms with Crippen molar-refractivity contribution in [3.05, 3.63) is 28.6 Å². The van der Waals surface area contributed by atoms with Crippen molar-refractivity contribution in [2.45, 2.75) is 0 Å². The van der Waals surface area contributed by atoms with E-state index in [1.807, 2.05) is 0 Å². The fourth-order valence-electron chi connectivity index (χ4n) is 1.63. The Balaban J connectivity index is 2.42. The molecule has 0 saturated carbocycles. The summed E-state index contributed by atoms with van der Waals surface area (Å²) in [6, 6.07) is 3.24. The molecule has 0 bridgehead atoms. The van der Waals surface area contributed by atoms with Gasteiger partial charge < -0.3 is 18.9 Å². The smallest absolute Gasteiger partial charge is 0.242 e. The largest absolute Gasteiger partial charge is 0.493 e. The van der Waals surface area contributed by atoms with Crippen LogP contribution in [0.4, 0.5) is 0 Å². The molecule has 1 aromatic heterocycles. The molecule has 112 valence electrons. The normalized spacial score (nSPS) is 10.1. The first-order chi connectivity index (χ1) is 10.1. The van der Waals surface area contributed by atoms with E-state index in [2.05, 4.69) is 9.97 Å². The molecule has 0 aliphatic rings. The van der Waals surface area contributed by atoms with Crippen LogP contribution < -0.4 is 18.9 Å². The van der Waals surface area contributed by atoms with E-state index in [-0.39, 0.29) is 16.2 Å². The van der Waals surface area contributed by atoms with Crippen molar-refractivity contribution >= 4 is 23.2 Å². The van der Waals surface area contributed by atoms with Gasteiger partial charge in [0.25, 0.3) is 0 Å². The SMILES string of the molecule is COc1cc(Oc2nc(Cl)ncc2Cl)cc(OC)c1OC. The third-order valence-corrected chi connectivity index (χ3v) is 2.98. The Labute approximate surface area is 131 Å². The Hall–Kier alpha value is -1.92. The zero-order valence-electron chi connectivity index (χ0n) is 11.5. The molecule has 1 heterocycles. The second kappa shape index (κ2) is 6.69. The molecule has 21 heavy (non-hydrogen) atoms. The summed E-state index contributed by atoms with van der Waals surface area (Å²) in [5.41, 5.74) is 0. The standard InChI is InChI=1S/C13H12Cl2N2O4/c1-18-9-4-7(5-10(19-2)11(9)20-3)21-12-8(14)6-16-13(15)17-12/h4-6H,1-3H3. The topological polar surface area (TPSA) is 62.7 Å². The van der Waals surface area contributed by atoms with Gasteiger partial charge in [0.2, 0.25) is 16.9 Å². The lowest BCUT2D eigenvalue weighted by Crippen LogP contribution is -1.97. The number of hydrogen-bond donors (Lipinski definition) is 0. The minimum atomic E-state index is 0.0295. The van der Waals surface area contributed by atoms with Crippen LogP contribution in [0.5, 0.6) is 28.9 Å². The Bertz CT molecular complexity index is 627. The van der Waals surface area contributed by atoms with Crippen molar-refractivity contribution in [1.82, 2.24) is 9.97 Å². The molecule has 0 aliphatic heterocycles.